The van der Waals surface area contributed by atoms with Crippen LogP contribution in [0.2, 0.25) is 5.02 Å². The Morgan fingerprint density at radius 3 is 2.78 bits per heavy atom. The van der Waals surface area contributed by atoms with E-state index in [0.717, 1.165) is 62.3 Å². The Morgan fingerprint density at radius 2 is 1.89 bits per heavy atom. The Kier molecular flexibility index (Phi) is 5.80. The molecular formula is C23H27ClN2O. The van der Waals surface area contributed by atoms with Gasteiger partial charge < -0.3 is 5.32 Å². The van der Waals surface area contributed by atoms with Gasteiger partial charge in [0.1, 0.15) is 0 Å². The molecule has 1 saturated heterocycles. The number of nitrogens with zero attached hydrogens (tertiary/aromatic N) is 1. The molecule has 0 saturated carbocycles. The molecule has 0 spiro atoms. The van der Waals surface area contributed by atoms with Gasteiger partial charge >= 0.3 is 0 Å². The summed E-state index contributed by atoms with van der Waals surface area (Å²) in [6.45, 7) is 2.66. The molecule has 1 heterocycles. The minimum atomic E-state index is 0.0651. The van der Waals surface area contributed by atoms with Crippen LogP contribution in [0.1, 0.15) is 48.4 Å². The molecule has 0 bridgehead atoms. The van der Waals surface area contributed by atoms with Crippen molar-refractivity contribution in [2.45, 2.75) is 44.7 Å². The van der Waals surface area contributed by atoms with Gasteiger partial charge in [0.2, 0.25) is 5.91 Å². The number of carbonyl (C=O) groups is 1. The molecule has 2 aromatic rings. The van der Waals surface area contributed by atoms with Gasteiger partial charge in [-0.15, -0.1) is 0 Å². The highest BCUT2D eigenvalue weighted by Gasteiger charge is 2.29. The monoisotopic (exact) mass is 382 g/mol. The number of likely N-dealkylation sites (tertiary alicyclic amines) is 1. The number of halogens is 1. The molecule has 4 rings (SSSR count). The molecule has 2 aliphatic rings. The van der Waals surface area contributed by atoms with Gasteiger partial charge in [0.15, 0.2) is 0 Å². The number of piperidine rings is 1. The topological polar surface area (TPSA) is 32.3 Å². The highest BCUT2D eigenvalue weighted by atomic mass is 35.5. The van der Waals surface area contributed by atoms with Gasteiger partial charge in [-0.25, -0.2) is 0 Å². The fourth-order valence-corrected chi connectivity index (χ4v) is 4.67. The van der Waals surface area contributed by atoms with Crippen LogP contribution < -0.4 is 5.32 Å². The number of benzene rings is 2. The van der Waals surface area contributed by atoms with E-state index in [-0.39, 0.29) is 17.9 Å². The van der Waals surface area contributed by atoms with Crippen molar-refractivity contribution < 1.29 is 4.79 Å². The molecule has 1 fully saturated rings. The van der Waals surface area contributed by atoms with E-state index in [2.05, 4.69) is 40.5 Å². The van der Waals surface area contributed by atoms with E-state index in [1.807, 2.05) is 18.2 Å². The Bertz CT molecular complexity index is 806. The highest BCUT2D eigenvalue weighted by molar-refractivity contribution is 6.31. The van der Waals surface area contributed by atoms with Gasteiger partial charge in [0.05, 0.1) is 12.0 Å². The van der Waals surface area contributed by atoms with Gasteiger partial charge in [0.25, 0.3) is 0 Å². The van der Waals surface area contributed by atoms with Crippen LogP contribution >= 0.6 is 11.6 Å². The van der Waals surface area contributed by atoms with E-state index in [0.29, 0.717) is 0 Å². The predicted octanol–water partition coefficient (Wildman–Crippen LogP) is 4.75. The quantitative estimate of drug-likeness (QED) is 0.827. The summed E-state index contributed by atoms with van der Waals surface area (Å²) >= 11 is 6.31. The second-order valence-electron chi connectivity index (χ2n) is 7.82. The first-order valence-corrected chi connectivity index (χ1v) is 10.4. The van der Waals surface area contributed by atoms with Crippen molar-refractivity contribution in [3.8, 4) is 0 Å². The summed E-state index contributed by atoms with van der Waals surface area (Å²) in [4.78, 5) is 15.3. The van der Waals surface area contributed by atoms with Gasteiger partial charge in [-0.1, -0.05) is 54.1 Å². The molecule has 1 aliphatic heterocycles. The van der Waals surface area contributed by atoms with E-state index >= 15 is 0 Å². The van der Waals surface area contributed by atoms with Crippen molar-refractivity contribution >= 4 is 17.5 Å². The Labute approximate surface area is 166 Å². The van der Waals surface area contributed by atoms with Crippen molar-refractivity contribution in [2.24, 2.45) is 5.92 Å². The maximum absolute atomic E-state index is 13.0. The Morgan fingerprint density at radius 1 is 1.07 bits per heavy atom. The van der Waals surface area contributed by atoms with Crippen LogP contribution in [0, 0.1) is 5.92 Å². The van der Waals surface area contributed by atoms with E-state index in [4.69, 9.17) is 11.6 Å². The molecule has 1 amide bonds. The lowest BCUT2D eigenvalue weighted by Gasteiger charge is -2.34. The third-order valence-electron chi connectivity index (χ3n) is 5.91. The van der Waals surface area contributed by atoms with Gasteiger partial charge in [-0.2, -0.15) is 0 Å². The van der Waals surface area contributed by atoms with E-state index in [1.54, 1.807) is 0 Å². The van der Waals surface area contributed by atoms with Crippen molar-refractivity contribution in [1.82, 2.24) is 10.2 Å². The molecule has 142 valence electrons. The summed E-state index contributed by atoms with van der Waals surface area (Å²) in [5.41, 5.74) is 3.83. The van der Waals surface area contributed by atoms with E-state index in [9.17, 15) is 4.79 Å². The first kappa shape index (κ1) is 18.5. The van der Waals surface area contributed by atoms with Crippen LogP contribution in [0.15, 0.2) is 48.5 Å². The molecule has 27 heavy (non-hydrogen) atoms. The Hall–Kier alpha value is -1.84. The molecule has 0 unspecified atom stereocenters. The Balaban J connectivity index is 1.39. The maximum Gasteiger partial charge on any atom is 0.224 e. The van der Waals surface area contributed by atoms with Crippen molar-refractivity contribution in [3.05, 3.63) is 70.2 Å². The predicted molar refractivity (Wildman–Crippen MR) is 110 cm³/mol. The van der Waals surface area contributed by atoms with Crippen LogP contribution in [0.4, 0.5) is 0 Å². The smallest absolute Gasteiger partial charge is 0.224 e. The lowest BCUT2D eigenvalue weighted by atomic mass is 9.87. The lowest BCUT2D eigenvalue weighted by Crippen LogP contribution is -2.44. The normalized spacial score (nSPS) is 22.9. The molecule has 1 N–H and O–H groups in total. The maximum atomic E-state index is 13.0. The average Bonchev–Trinajstić information content (AvgIpc) is 2.70. The third-order valence-corrected chi connectivity index (χ3v) is 6.28. The average molecular weight is 383 g/mol. The molecule has 4 heteroatoms. The molecule has 2 atom stereocenters. The minimum Gasteiger partial charge on any atom is -0.349 e. The van der Waals surface area contributed by atoms with Crippen molar-refractivity contribution in [3.63, 3.8) is 0 Å². The van der Waals surface area contributed by atoms with E-state index in [1.165, 1.54) is 11.1 Å². The fraction of sp³-hybridized carbons (Fsp3) is 0.435. The molecular weight excluding hydrogens is 356 g/mol. The zero-order valence-corrected chi connectivity index (χ0v) is 16.4. The fourth-order valence-electron chi connectivity index (χ4n) is 4.47. The second-order valence-corrected chi connectivity index (χ2v) is 8.23. The summed E-state index contributed by atoms with van der Waals surface area (Å²) in [6, 6.07) is 16.7. The second kappa shape index (κ2) is 8.45. The number of hydrogen-bond acceptors (Lipinski definition) is 2. The molecule has 1 aliphatic carbocycles. The van der Waals surface area contributed by atoms with Crippen molar-refractivity contribution in [2.75, 3.05) is 13.1 Å². The zero-order chi connectivity index (χ0) is 18.6. The zero-order valence-electron chi connectivity index (χ0n) is 15.7. The first-order chi connectivity index (χ1) is 13.2. The van der Waals surface area contributed by atoms with Crippen LogP contribution in [0.3, 0.4) is 0 Å². The first-order valence-electron chi connectivity index (χ1n) is 10.0. The standard InChI is InChI=1S/C23H27ClN2O/c24-21-12-4-2-8-18(21)15-26-14-6-10-19(16-26)23(27)25-22-13-5-9-17-7-1-3-11-20(17)22/h1-4,7-8,11-12,19,22H,5-6,9-10,13-16H2,(H,25,27)/t19-,22+/m0/s1. The van der Waals surface area contributed by atoms with Crippen LogP contribution in [0.5, 0.6) is 0 Å². The summed E-state index contributed by atoms with van der Waals surface area (Å²) in [7, 11) is 0. The lowest BCUT2D eigenvalue weighted by molar-refractivity contribution is -0.127. The SMILES string of the molecule is O=C(N[C@@H]1CCCc2ccccc21)[C@H]1CCCN(Cc2ccccc2Cl)C1. The minimum absolute atomic E-state index is 0.0651. The number of rotatable bonds is 4. The van der Waals surface area contributed by atoms with Gasteiger partial charge in [-0.3, -0.25) is 9.69 Å². The van der Waals surface area contributed by atoms with Gasteiger partial charge in [0, 0.05) is 18.1 Å². The summed E-state index contributed by atoms with van der Waals surface area (Å²) in [5.74, 6) is 0.274. The van der Waals surface area contributed by atoms with Gasteiger partial charge in [-0.05, 0) is 61.4 Å². The number of carbonyl (C=O) groups excluding carboxylic acids is 1. The summed E-state index contributed by atoms with van der Waals surface area (Å²) in [6.07, 6.45) is 5.34. The summed E-state index contributed by atoms with van der Waals surface area (Å²) < 4.78 is 0. The molecule has 0 radical (unpaired) electrons. The largest absolute Gasteiger partial charge is 0.349 e. The molecule has 2 aromatic carbocycles. The number of hydrogen-bond donors (Lipinski definition) is 1. The summed E-state index contributed by atoms with van der Waals surface area (Å²) in [5, 5.41) is 4.16. The van der Waals surface area contributed by atoms with Crippen LogP contribution in [-0.2, 0) is 17.8 Å². The van der Waals surface area contributed by atoms with Crippen LogP contribution in [-0.4, -0.2) is 23.9 Å². The van der Waals surface area contributed by atoms with E-state index < -0.39 is 0 Å². The number of fused-ring (bicyclic) bond motifs is 1. The van der Waals surface area contributed by atoms with Crippen molar-refractivity contribution in [1.29, 1.82) is 0 Å². The third kappa shape index (κ3) is 4.36. The number of aryl methyl sites for hydroxylation is 1. The number of nitrogens with one attached hydrogen (secondary N) is 1. The highest BCUT2D eigenvalue weighted by Crippen LogP contribution is 2.30. The molecule has 3 nitrogen and oxygen atoms in total. The van der Waals surface area contributed by atoms with Crippen LogP contribution in [0.25, 0.3) is 0 Å². The number of amides is 1. The molecule has 0 aromatic heterocycles.